The maximum absolute atomic E-state index is 14.7. The van der Waals surface area contributed by atoms with Crippen LogP contribution in [0.2, 0.25) is 0 Å². The largest absolute Gasteiger partial charge is 0.466 e. The van der Waals surface area contributed by atoms with E-state index in [1.54, 1.807) is 6.92 Å². The zero-order valence-corrected chi connectivity index (χ0v) is 20.0. The number of benzene rings is 2. The smallest absolute Gasteiger partial charge is 0.426 e. The second-order valence-corrected chi connectivity index (χ2v) is 11.5. The van der Waals surface area contributed by atoms with E-state index >= 15 is 0 Å². The molecule has 0 saturated heterocycles. The summed E-state index contributed by atoms with van der Waals surface area (Å²) in [6, 6.07) is 7.60. The monoisotopic (exact) mass is 516 g/mol. The van der Waals surface area contributed by atoms with Gasteiger partial charge < -0.3 is 4.74 Å². The third-order valence-electron chi connectivity index (χ3n) is 7.46. The molecule has 0 heterocycles. The van der Waals surface area contributed by atoms with Crippen molar-refractivity contribution in [2.24, 2.45) is 11.8 Å². The minimum Gasteiger partial charge on any atom is -0.466 e. The van der Waals surface area contributed by atoms with Gasteiger partial charge in [-0.3, -0.25) is 4.79 Å². The molecule has 1 unspecified atom stereocenters. The third kappa shape index (κ3) is 3.84. The number of hydrogen-bond donors (Lipinski definition) is 0. The summed E-state index contributed by atoms with van der Waals surface area (Å²) in [6.45, 7) is 2.19. The maximum Gasteiger partial charge on any atom is 0.426 e. The standard InChI is InChI=1S/C25H25F5O4S/c1-3-34-22(31)19-12-13-24(35(32,33)18-8-6-17(26)7-9-18)20-11-5-16(23(2,27)25(28,29)30)14-15(20)4-10-21(19)24/h5-9,11,14,19,21H,3-4,10,12-13H2,1-2H3/t19-,21-,23?,24+/m0/s1. The molecule has 0 radical (unpaired) electrons. The lowest BCUT2D eigenvalue weighted by molar-refractivity contribution is -0.228. The Morgan fingerprint density at radius 2 is 1.74 bits per heavy atom. The van der Waals surface area contributed by atoms with Crippen LogP contribution in [0, 0.1) is 17.7 Å². The van der Waals surface area contributed by atoms with Crippen LogP contribution in [0.4, 0.5) is 22.0 Å². The molecule has 2 aromatic carbocycles. The van der Waals surface area contributed by atoms with E-state index in [0.717, 1.165) is 36.4 Å². The van der Waals surface area contributed by atoms with Gasteiger partial charge in [0.05, 0.1) is 17.4 Å². The van der Waals surface area contributed by atoms with Crippen molar-refractivity contribution in [3.05, 3.63) is 65.0 Å². The molecule has 1 saturated carbocycles. The molecule has 0 spiro atoms. The second-order valence-electron chi connectivity index (χ2n) is 9.26. The van der Waals surface area contributed by atoms with Gasteiger partial charge in [-0.15, -0.1) is 0 Å². The number of alkyl halides is 4. The Kier molecular flexibility index (Phi) is 6.27. The summed E-state index contributed by atoms with van der Waals surface area (Å²) in [5, 5.41) is 0. The van der Waals surface area contributed by atoms with Gasteiger partial charge in [-0.05, 0) is 86.4 Å². The first-order valence-corrected chi connectivity index (χ1v) is 12.8. The number of esters is 1. The predicted octanol–water partition coefficient (Wildman–Crippen LogP) is 5.78. The third-order valence-corrected chi connectivity index (χ3v) is 10.0. The average molecular weight is 517 g/mol. The van der Waals surface area contributed by atoms with Crippen LogP contribution in [0.3, 0.4) is 0 Å². The van der Waals surface area contributed by atoms with E-state index in [2.05, 4.69) is 0 Å². The lowest BCUT2D eigenvalue weighted by Gasteiger charge is -2.42. The summed E-state index contributed by atoms with van der Waals surface area (Å²) in [5.74, 6) is -2.58. The normalized spacial score (nSPS) is 25.9. The average Bonchev–Trinajstić information content (AvgIpc) is 3.20. The first-order valence-electron chi connectivity index (χ1n) is 11.3. The SMILES string of the molecule is CCOC(=O)[C@H]1CC[C@@]2(S(=O)(=O)c3ccc(F)cc3)c3ccc(C(C)(F)C(F)(F)F)cc3CC[C@@H]12. The molecule has 4 rings (SSSR count). The Labute approximate surface area is 200 Å². The first-order chi connectivity index (χ1) is 16.3. The topological polar surface area (TPSA) is 60.4 Å². The van der Waals surface area contributed by atoms with E-state index in [9.17, 15) is 35.2 Å². The first kappa shape index (κ1) is 25.6. The molecule has 4 nitrogen and oxygen atoms in total. The molecule has 4 atom stereocenters. The second kappa shape index (κ2) is 8.57. The van der Waals surface area contributed by atoms with E-state index in [-0.39, 0.29) is 42.7 Å². The number of carbonyl (C=O) groups is 1. The number of ether oxygens (including phenoxy) is 1. The maximum atomic E-state index is 14.7. The predicted molar refractivity (Wildman–Crippen MR) is 117 cm³/mol. The number of rotatable bonds is 5. The highest BCUT2D eigenvalue weighted by atomic mass is 32.2. The molecular weight excluding hydrogens is 491 g/mol. The highest BCUT2D eigenvalue weighted by Gasteiger charge is 2.62. The minimum atomic E-state index is -5.15. The molecule has 0 bridgehead atoms. The molecule has 2 aliphatic rings. The van der Waals surface area contributed by atoms with Crippen LogP contribution < -0.4 is 0 Å². The Morgan fingerprint density at radius 3 is 2.34 bits per heavy atom. The molecule has 0 amide bonds. The van der Waals surface area contributed by atoms with Crippen LogP contribution in [-0.2, 0) is 36.2 Å². The summed E-state index contributed by atoms with van der Waals surface area (Å²) in [7, 11) is -4.24. The van der Waals surface area contributed by atoms with Gasteiger partial charge in [-0.1, -0.05) is 18.2 Å². The summed E-state index contributed by atoms with van der Waals surface area (Å²) < 4.78 is 100. The molecule has 0 aromatic heterocycles. The van der Waals surface area contributed by atoms with Crippen LogP contribution in [0.5, 0.6) is 0 Å². The van der Waals surface area contributed by atoms with E-state index in [1.807, 2.05) is 0 Å². The fourth-order valence-corrected chi connectivity index (χ4v) is 8.14. The van der Waals surface area contributed by atoms with Gasteiger partial charge >= 0.3 is 12.1 Å². The lowest BCUT2D eigenvalue weighted by Crippen LogP contribution is -2.46. The summed E-state index contributed by atoms with van der Waals surface area (Å²) in [6.07, 6.45) is -4.56. The summed E-state index contributed by atoms with van der Waals surface area (Å²) in [4.78, 5) is 12.6. The van der Waals surface area contributed by atoms with Crippen molar-refractivity contribution in [1.82, 2.24) is 0 Å². The van der Waals surface area contributed by atoms with Gasteiger partial charge in [-0.25, -0.2) is 17.2 Å². The zero-order valence-electron chi connectivity index (χ0n) is 19.2. The molecule has 10 heteroatoms. The molecule has 2 aliphatic carbocycles. The van der Waals surface area contributed by atoms with Crippen LogP contribution in [0.15, 0.2) is 47.4 Å². The lowest BCUT2D eigenvalue weighted by atomic mass is 9.72. The van der Waals surface area contributed by atoms with Crippen LogP contribution in [0.1, 0.15) is 49.8 Å². The van der Waals surface area contributed by atoms with Crippen molar-refractivity contribution in [2.45, 2.75) is 61.0 Å². The van der Waals surface area contributed by atoms with Crippen molar-refractivity contribution >= 4 is 15.8 Å². The van der Waals surface area contributed by atoms with Crippen molar-refractivity contribution < 1.29 is 39.9 Å². The van der Waals surface area contributed by atoms with Crippen molar-refractivity contribution in [3.63, 3.8) is 0 Å². The number of aryl methyl sites for hydroxylation is 1. The van der Waals surface area contributed by atoms with Gasteiger partial charge in [0.25, 0.3) is 0 Å². The van der Waals surface area contributed by atoms with Gasteiger partial charge in [0, 0.05) is 0 Å². The Bertz CT molecular complexity index is 1240. The molecule has 2 aromatic rings. The highest BCUT2D eigenvalue weighted by molar-refractivity contribution is 7.92. The Hall–Kier alpha value is -2.49. The Balaban J connectivity index is 1.92. The molecule has 1 fully saturated rings. The molecule has 0 N–H and O–H groups in total. The van der Waals surface area contributed by atoms with E-state index < -0.39 is 55.6 Å². The quantitative estimate of drug-likeness (QED) is 0.287. The van der Waals surface area contributed by atoms with E-state index in [0.29, 0.717) is 12.5 Å². The number of carbonyl (C=O) groups excluding carboxylic acids is 1. The summed E-state index contributed by atoms with van der Waals surface area (Å²) in [5.41, 5.74) is -3.68. The number of sulfone groups is 1. The number of halogens is 5. The molecule has 35 heavy (non-hydrogen) atoms. The number of fused-ring (bicyclic) bond motifs is 3. The van der Waals surface area contributed by atoms with E-state index in [1.165, 1.54) is 6.07 Å². The van der Waals surface area contributed by atoms with Crippen LogP contribution >= 0.6 is 0 Å². The van der Waals surface area contributed by atoms with Crippen molar-refractivity contribution in [3.8, 4) is 0 Å². The fourth-order valence-electron chi connectivity index (χ4n) is 5.66. The van der Waals surface area contributed by atoms with Crippen LogP contribution in [-0.4, -0.2) is 27.2 Å². The molecule has 190 valence electrons. The van der Waals surface area contributed by atoms with Gasteiger partial charge in [0.1, 0.15) is 10.6 Å². The Morgan fingerprint density at radius 1 is 1.09 bits per heavy atom. The van der Waals surface area contributed by atoms with E-state index in [4.69, 9.17) is 4.74 Å². The van der Waals surface area contributed by atoms with Crippen molar-refractivity contribution in [2.75, 3.05) is 6.61 Å². The summed E-state index contributed by atoms with van der Waals surface area (Å²) >= 11 is 0. The minimum absolute atomic E-state index is 0.0272. The van der Waals surface area contributed by atoms with Gasteiger partial charge in [0.2, 0.25) is 5.67 Å². The van der Waals surface area contributed by atoms with Crippen molar-refractivity contribution in [1.29, 1.82) is 0 Å². The van der Waals surface area contributed by atoms with Gasteiger partial charge in [0.15, 0.2) is 9.84 Å². The zero-order chi connectivity index (χ0) is 25.8. The highest BCUT2D eigenvalue weighted by Crippen LogP contribution is 2.59. The fraction of sp³-hybridized carbons (Fsp3) is 0.480. The molecule has 0 aliphatic heterocycles. The van der Waals surface area contributed by atoms with Gasteiger partial charge in [-0.2, -0.15) is 13.2 Å². The molecular formula is C25H25F5O4S. The van der Waals surface area contributed by atoms with Crippen LogP contribution in [0.25, 0.3) is 0 Å². The number of hydrogen-bond acceptors (Lipinski definition) is 4.